The lowest BCUT2D eigenvalue weighted by molar-refractivity contribution is -0.139. The molecule has 3 rings (SSSR count). The maximum absolute atomic E-state index is 13.7. The van der Waals surface area contributed by atoms with Crippen LogP contribution in [0.4, 0.5) is 5.69 Å². The number of hydrogen-bond acceptors (Lipinski definition) is 6. The van der Waals surface area contributed by atoms with Gasteiger partial charge in [-0.05, 0) is 43.9 Å². The van der Waals surface area contributed by atoms with E-state index in [1.54, 1.807) is 12.1 Å². The fourth-order valence-corrected chi connectivity index (χ4v) is 4.83. The van der Waals surface area contributed by atoms with Gasteiger partial charge in [0.05, 0.1) is 11.9 Å². The van der Waals surface area contributed by atoms with Crippen LogP contribution in [-0.4, -0.2) is 63.4 Å². The van der Waals surface area contributed by atoms with Crippen molar-refractivity contribution in [2.24, 2.45) is 0 Å². The van der Waals surface area contributed by atoms with Crippen LogP contribution in [0.25, 0.3) is 0 Å². The summed E-state index contributed by atoms with van der Waals surface area (Å²) in [5.41, 5.74) is 1.30. The van der Waals surface area contributed by atoms with Crippen molar-refractivity contribution in [3.05, 3.63) is 54.1 Å². The zero-order valence-corrected chi connectivity index (χ0v) is 22.1. The number of fused-ring (bicyclic) bond motifs is 1. The van der Waals surface area contributed by atoms with E-state index < -0.39 is 28.5 Å². The molecule has 1 aliphatic heterocycles. The number of ether oxygens (including phenoxy) is 2. The quantitative estimate of drug-likeness (QED) is 0.464. The standard InChI is InChI=1S/C26H35N3O6S/c1-5-19(3)27-26(31)22(6-2)28(15-14-20-10-8-7-9-11-20)25(30)17-29(36(4,32)33)21-12-13-23-24(16-21)35-18-34-23/h7-13,16,19,22H,5-6,14-15,17-18H2,1-4H3,(H,27,31)/t19-,22-/m0/s1. The molecule has 0 aliphatic carbocycles. The van der Waals surface area contributed by atoms with E-state index in [0.29, 0.717) is 24.3 Å². The minimum atomic E-state index is -3.82. The predicted molar refractivity (Wildman–Crippen MR) is 139 cm³/mol. The van der Waals surface area contributed by atoms with Crippen molar-refractivity contribution in [1.29, 1.82) is 0 Å². The number of hydrogen-bond donors (Lipinski definition) is 1. The van der Waals surface area contributed by atoms with Crippen molar-refractivity contribution in [3.8, 4) is 11.5 Å². The molecule has 2 aromatic rings. The van der Waals surface area contributed by atoms with Crippen LogP contribution in [0.3, 0.4) is 0 Å². The van der Waals surface area contributed by atoms with Crippen molar-refractivity contribution in [2.75, 3.05) is 30.4 Å². The maximum atomic E-state index is 13.7. The number of sulfonamides is 1. The summed E-state index contributed by atoms with van der Waals surface area (Å²) in [7, 11) is -3.82. The molecule has 0 spiro atoms. The summed E-state index contributed by atoms with van der Waals surface area (Å²) >= 11 is 0. The topological polar surface area (TPSA) is 105 Å². The Labute approximate surface area is 213 Å². The van der Waals surface area contributed by atoms with Crippen LogP contribution in [0.1, 0.15) is 39.2 Å². The summed E-state index contributed by atoms with van der Waals surface area (Å²) in [6, 6.07) is 13.6. The Morgan fingerprint density at radius 3 is 2.36 bits per heavy atom. The molecule has 10 heteroatoms. The number of nitrogens with zero attached hydrogens (tertiary/aromatic N) is 2. The first-order valence-corrected chi connectivity index (χ1v) is 14.0. The Morgan fingerprint density at radius 2 is 1.72 bits per heavy atom. The average Bonchev–Trinajstić information content (AvgIpc) is 3.32. The first-order chi connectivity index (χ1) is 17.1. The molecule has 1 N–H and O–H groups in total. The number of carbonyl (C=O) groups is 2. The Kier molecular flexibility index (Phi) is 9.19. The van der Waals surface area contributed by atoms with Gasteiger partial charge >= 0.3 is 0 Å². The van der Waals surface area contributed by atoms with Crippen LogP contribution >= 0.6 is 0 Å². The van der Waals surface area contributed by atoms with E-state index in [0.717, 1.165) is 22.5 Å². The van der Waals surface area contributed by atoms with E-state index in [9.17, 15) is 18.0 Å². The fraction of sp³-hybridized carbons (Fsp3) is 0.462. The number of anilines is 1. The molecule has 0 saturated heterocycles. The highest BCUT2D eigenvalue weighted by atomic mass is 32.2. The highest BCUT2D eigenvalue weighted by Gasteiger charge is 2.32. The molecule has 1 aliphatic rings. The van der Waals surface area contributed by atoms with Crippen LogP contribution in [-0.2, 0) is 26.0 Å². The Hall–Kier alpha value is -3.27. The zero-order valence-electron chi connectivity index (χ0n) is 21.3. The molecule has 9 nitrogen and oxygen atoms in total. The number of nitrogens with one attached hydrogen (secondary N) is 1. The van der Waals surface area contributed by atoms with Gasteiger partial charge in [-0.15, -0.1) is 0 Å². The minimum Gasteiger partial charge on any atom is -0.454 e. The van der Waals surface area contributed by atoms with Gasteiger partial charge in [0.2, 0.25) is 28.6 Å². The lowest BCUT2D eigenvalue weighted by Crippen LogP contribution is -2.54. The molecule has 196 valence electrons. The van der Waals surface area contributed by atoms with Crippen molar-refractivity contribution in [3.63, 3.8) is 0 Å². The van der Waals surface area contributed by atoms with Crippen molar-refractivity contribution < 1.29 is 27.5 Å². The van der Waals surface area contributed by atoms with Crippen LogP contribution in [0.15, 0.2) is 48.5 Å². The molecule has 0 saturated carbocycles. The summed E-state index contributed by atoms with van der Waals surface area (Å²) in [6.07, 6.45) is 2.73. The van der Waals surface area contributed by atoms with E-state index in [-0.39, 0.29) is 31.0 Å². The Morgan fingerprint density at radius 1 is 1.03 bits per heavy atom. The van der Waals surface area contributed by atoms with Gasteiger partial charge in [0.15, 0.2) is 11.5 Å². The third kappa shape index (κ3) is 6.90. The SMILES string of the molecule is CC[C@H](C)NC(=O)[C@H](CC)N(CCc1ccccc1)C(=O)CN(c1ccc2c(c1)OCO2)S(C)(=O)=O. The first kappa shape index (κ1) is 27.3. The summed E-state index contributed by atoms with van der Waals surface area (Å²) < 4.78 is 37.2. The van der Waals surface area contributed by atoms with Crippen molar-refractivity contribution in [2.45, 2.75) is 52.1 Å². The maximum Gasteiger partial charge on any atom is 0.244 e. The molecular formula is C26H35N3O6S. The van der Waals surface area contributed by atoms with Crippen LogP contribution in [0.5, 0.6) is 11.5 Å². The number of amides is 2. The molecule has 0 bridgehead atoms. The lowest BCUT2D eigenvalue weighted by Gasteiger charge is -2.33. The molecule has 36 heavy (non-hydrogen) atoms. The molecule has 0 fully saturated rings. The van der Waals surface area contributed by atoms with Gasteiger partial charge in [0.25, 0.3) is 0 Å². The number of rotatable bonds is 12. The summed E-state index contributed by atoms with van der Waals surface area (Å²) in [5.74, 6) is 0.215. The average molecular weight is 518 g/mol. The van der Waals surface area contributed by atoms with Crippen molar-refractivity contribution in [1.82, 2.24) is 10.2 Å². The van der Waals surface area contributed by atoms with Gasteiger partial charge in [-0.3, -0.25) is 13.9 Å². The molecular weight excluding hydrogens is 482 g/mol. The highest BCUT2D eigenvalue weighted by Crippen LogP contribution is 2.36. The largest absolute Gasteiger partial charge is 0.454 e. The molecule has 0 radical (unpaired) electrons. The van der Waals surface area contributed by atoms with Crippen LogP contribution in [0.2, 0.25) is 0 Å². The summed E-state index contributed by atoms with van der Waals surface area (Å²) in [5, 5.41) is 2.96. The fourth-order valence-electron chi connectivity index (χ4n) is 3.99. The third-order valence-corrected chi connectivity index (χ3v) is 7.34. The smallest absolute Gasteiger partial charge is 0.244 e. The first-order valence-electron chi connectivity index (χ1n) is 12.1. The van der Waals surface area contributed by atoms with Gasteiger partial charge in [0, 0.05) is 18.7 Å². The molecule has 1 heterocycles. The molecule has 0 aromatic heterocycles. The Balaban J connectivity index is 1.89. The minimum absolute atomic E-state index is 0.0428. The van der Waals surface area contributed by atoms with Gasteiger partial charge in [0.1, 0.15) is 12.6 Å². The molecule has 2 aromatic carbocycles. The predicted octanol–water partition coefficient (Wildman–Crippen LogP) is 2.95. The second-order valence-electron chi connectivity index (χ2n) is 8.87. The third-order valence-electron chi connectivity index (χ3n) is 6.19. The van der Waals surface area contributed by atoms with E-state index in [1.165, 1.54) is 11.0 Å². The van der Waals surface area contributed by atoms with E-state index in [2.05, 4.69) is 5.32 Å². The van der Waals surface area contributed by atoms with Crippen molar-refractivity contribution >= 4 is 27.5 Å². The van der Waals surface area contributed by atoms with Gasteiger partial charge in [-0.25, -0.2) is 8.42 Å². The monoisotopic (exact) mass is 517 g/mol. The Bertz CT molecular complexity index is 1160. The lowest BCUT2D eigenvalue weighted by atomic mass is 10.1. The van der Waals surface area contributed by atoms with E-state index in [1.807, 2.05) is 51.1 Å². The highest BCUT2D eigenvalue weighted by molar-refractivity contribution is 7.92. The second kappa shape index (κ2) is 12.1. The van der Waals surface area contributed by atoms with Crippen LogP contribution < -0.4 is 19.1 Å². The molecule has 2 atom stereocenters. The van der Waals surface area contributed by atoms with E-state index in [4.69, 9.17) is 9.47 Å². The normalized spacial score (nSPS) is 14.1. The molecule has 2 amide bonds. The van der Waals surface area contributed by atoms with Crippen LogP contribution in [0, 0.1) is 0 Å². The van der Waals surface area contributed by atoms with E-state index >= 15 is 0 Å². The molecule has 0 unspecified atom stereocenters. The van der Waals surface area contributed by atoms with Gasteiger partial charge in [-0.1, -0.05) is 44.2 Å². The second-order valence-corrected chi connectivity index (χ2v) is 10.8. The zero-order chi connectivity index (χ0) is 26.3. The number of benzene rings is 2. The summed E-state index contributed by atoms with van der Waals surface area (Å²) in [4.78, 5) is 28.3. The summed E-state index contributed by atoms with van der Waals surface area (Å²) in [6.45, 7) is 5.60. The van der Waals surface area contributed by atoms with Gasteiger partial charge in [-0.2, -0.15) is 0 Å². The number of carbonyl (C=O) groups excluding carboxylic acids is 2. The van der Waals surface area contributed by atoms with Gasteiger partial charge < -0.3 is 19.7 Å².